The molecule has 1 aromatic rings. The first-order valence-electron chi connectivity index (χ1n) is 6.85. The number of benzene rings is 1. The number of carbonyl (C=O) groups excluding carboxylic acids is 2. The van der Waals surface area contributed by atoms with Gasteiger partial charge in [0.2, 0.25) is 0 Å². The highest BCUT2D eigenvalue weighted by Gasteiger charge is 2.47. The zero-order valence-electron chi connectivity index (χ0n) is 12.9. The molecular formula is C18H20O4. The molecule has 0 saturated heterocycles. The zero-order chi connectivity index (χ0) is 16.6. The monoisotopic (exact) mass is 300 g/mol. The molecule has 0 aliphatic carbocycles. The Balaban J connectivity index is 2.98. The van der Waals surface area contributed by atoms with Crippen LogP contribution < -0.4 is 0 Å². The number of carbonyl (C=O) groups is 2. The standard InChI is InChI=1S/C18H20O4/c1-5-12-18(16(19)21-3,17(20)22-4)13-11-14(2)15-9-7-6-8-10-15/h1,6-10H,2,11-13H2,3-4H3. The average molecular weight is 300 g/mol. The third-order valence-electron chi connectivity index (χ3n) is 3.59. The second kappa shape index (κ2) is 8.04. The molecule has 4 nitrogen and oxygen atoms in total. The third kappa shape index (κ3) is 3.76. The topological polar surface area (TPSA) is 52.6 Å². The number of allylic oxidation sites excluding steroid dienone is 1. The fourth-order valence-corrected chi connectivity index (χ4v) is 2.27. The van der Waals surface area contributed by atoms with Gasteiger partial charge in [0, 0.05) is 6.42 Å². The van der Waals surface area contributed by atoms with E-state index >= 15 is 0 Å². The Kier molecular flexibility index (Phi) is 6.40. The fourth-order valence-electron chi connectivity index (χ4n) is 2.27. The second-order valence-corrected chi connectivity index (χ2v) is 4.92. The molecule has 22 heavy (non-hydrogen) atoms. The first kappa shape index (κ1) is 17.5. The average Bonchev–Trinajstić information content (AvgIpc) is 2.57. The Morgan fingerprint density at radius 1 is 1.18 bits per heavy atom. The first-order chi connectivity index (χ1) is 10.5. The Morgan fingerprint density at radius 3 is 2.18 bits per heavy atom. The smallest absolute Gasteiger partial charge is 0.324 e. The van der Waals surface area contributed by atoms with Crippen LogP contribution >= 0.6 is 0 Å². The van der Waals surface area contributed by atoms with Crippen molar-refractivity contribution in [1.29, 1.82) is 0 Å². The zero-order valence-corrected chi connectivity index (χ0v) is 12.9. The van der Waals surface area contributed by atoms with E-state index in [2.05, 4.69) is 12.5 Å². The maximum absolute atomic E-state index is 12.1. The van der Waals surface area contributed by atoms with Crippen LogP contribution in [0.4, 0.5) is 0 Å². The minimum Gasteiger partial charge on any atom is -0.468 e. The van der Waals surface area contributed by atoms with E-state index in [9.17, 15) is 9.59 Å². The van der Waals surface area contributed by atoms with Crippen LogP contribution in [0.3, 0.4) is 0 Å². The van der Waals surface area contributed by atoms with Gasteiger partial charge in [-0.3, -0.25) is 9.59 Å². The molecule has 1 rings (SSSR count). The number of terminal acetylenes is 1. The summed E-state index contributed by atoms with van der Waals surface area (Å²) in [6.45, 7) is 4.00. The van der Waals surface area contributed by atoms with Gasteiger partial charge in [0.25, 0.3) is 0 Å². The van der Waals surface area contributed by atoms with Gasteiger partial charge in [0.1, 0.15) is 0 Å². The summed E-state index contributed by atoms with van der Waals surface area (Å²) in [5.74, 6) is 1.01. The summed E-state index contributed by atoms with van der Waals surface area (Å²) >= 11 is 0. The molecule has 0 amide bonds. The molecule has 0 aliphatic heterocycles. The molecule has 0 fully saturated rings. The largest absolute Gasteiger partial charge is 0.468 e. The lowest BCUT2D eigenvalue weighted by atomic mass is 9.78. The van der Waals surface area contributed by atoms with Crippen molar-refractivity contribution in [1.82, 2.24) is 0 Å². The second-order valence-electron chi connectivity index (χ2n) is 4.92. The van der Waals surface area contributed by atoms with E-state index < -0.39 is 17.4 Å². The van der Waals surface area contributed by atoms with E-state index in [-0.39, 0.29) is 12.8 Å². The van der Waals surface area contributed by atoms with Crippen LogP contribution in [0.1, 0.15) is 24.8 Å². The molecule has 0 aliphatic rings. The van der Waals surface area contributed by atoms with Crippen molar-refractivity contribution in [3.63, 3.8) is 0 Å². The van der Waals surface area contributed by atoms with Crippen LogP contribution in [-0.2, 0) is 19.1 Å². The molecule has 0 atom stereocenters. The number of methoxy groups -OCH3 is 2. The van der Waals surface area contributed by atoms with Crippen LogP contribution in [0.5, 0.6) is 0 Å². The van der Waals surface area contributed by atoms with Crippen LogP contribution in [0.2, 0.25) is 0 Å². The van der Waals surface area contributed by atoms with E-state index in [1.165, 1.54) is 14.2 Å². The van der Waals surface area contributed by atoms with Crippen LogP contribution in [0.15, 0.2) is 36.9 Å². The van der Waals surface area contributed by atoms with Crippen molar-refractivity contribution in [3.8, 4) is 12.3 Å². The summed E-state index contributed by atoms with van der Waals surface area (Å²) in [6.07, 6.45) is 5.87. The first-order valence-corrected chi connectivity index (χ1v) is 6.85. The van der Waals surface area contributed by atoms with E-state index in [0.717, 1.165) is 11.1 Å². The summed E-state index contributed by atoms with van der Waals surface area (Å²) in [7, 11) is 2.45. The molecule has 4 heteroatoms. The van der Waals surface area contributed by atoms with Crippen LogP contribution in [0.25, 0.3) is 5.57 Å². The molecule has 0 spiro atoms. The van der Waals surface area contributed by atoms with Crippen molar-refractivity contribution in [2.24, 2.45) is 5.41 Å². The molecule has 116 valence electrons. The van der Waals surface area contributed by atoms with E-state index in [0.29, 0.717) is 6.42 Å². The summed E-state index contributed by atoms with van der Waals surface area (Å²) in [5, 5.41) is 0. The van der Waals surface area contributed by atoms with Crippen molar-refractivity contribution < 1.29 is 19.1 Å². The Morgan fingerprint density at radius 2 is 1.73 bits per heavy atom. The summed E-state index contributed by atoms with van der Waals surface area (Å²) in [6, 6.07) is 9.54. The Labute approximate surface area is 131 Å². The molecule has 0 N–H and O–H groups in total. The quantitative estimate of drug-likeness (QED) is 0.441. The predicted octanol–water partition coefficient (Wildman–Crippen LogP) is 2.84. The van der Waals surface area contributed by atoms with E-state index in [1.807, 2.05) is 30.3 Å². The van der Waals surface area contributed by atoms with Crippen molar-refractivity contribution >= 4 is 17.5 Å². The van der Waals surface area contributed by atoms with Gasteiger partial charge in [-0.1, -0.05) is 36.9 Å². The van der Waals surface area contributed by atoms with Gasteiger partial charge in [-0.2, -0.15) is 0 Å². The number of hydrogen-bond donors (Lipinski definition) is 0. The molecule has 0 saturated carbocycles. The number of hydrogen-bond acceptors (Lipinski definition) is 4. The van der Waals surface area contributed by atoms with E-state index in [4.69, 9.17) is 15.9 Å². The molecule has 1 aromatic carbocycles. The highest BCUT2D eigenvalue weighted by Crippen LogP contribution is 2.34. The molecule has 0 bridgehead atoms. The molecule has 0 aromatic heterocycles. The Bertz CT molecular complexity index is 565. The van der Waals surface area contributed by atoms with Crippen LogP contribution in [0, 0.1) is 17.8 Å². The van der Waals surface area contributed by atoms with Gasteiger partial charge in [0.05, 0.1) is 14.2 Å². The molecule has 0 heterocycles. The highest BCUT2D eigenvalue weighted by atomic mass is 16.5. The minimum absolute atomic E-state index is 0.0750. The lowest BCUT2D eigenvalue weighted by molar-refractivity contribution is -0.169. The van der Waals surface area contributed by atoms with Gasteiger partial charge >= 0.3 is 11.9 Å². The van der Waals surface area contributed by atoms with Crippen molar-refractivity contribution in [3.05, 3.63) is 42.5 Å². The normalized spacial score (nSPS) is 10.4. The lowest BCUT2D eigenvalue weighted by Crippen LogP contribution is -2.41. The molecule has 0 unspecified atom stereocenters. The fraction of sp³-hybridized carbons (Fsp3) is 0.333. The van der Waals surface area contributed by atoms with E-state index in [1.54, 1.807) is 0 Å². The Hall–Kier alpha value is -2.54. The number of ether oxygens (including phenoxy) is 2. The van der Waals surface area contributed by atoms with Gasteiger partial charge in [0.15, 0.2) is 5.41 Å². The van der Waals surface area contributed by atoms with Gasteiger partial charge in [-0.05, 0) is 24.0 Å². The predicted molar refractivity (Wildman–Crippen MR) is 84.6 cm³/mol. The summed E-state index contributed by atoms with van der Waals surface area (Å²) < 4.78 is 9.53. The number of esters is 2. The van der Waals surface area contributed by atoms with Crippen molar-refractivity contribution in [2.45, 2.75) is 19.3 Å². The van der Waals surface area contributed by atoms with Crippen molar-refractivity contribution in [2.75, 3.05) is 14.2 Å². The van der Waals surface area contributed by atoms with Gasteiger partial charge in [-0.25, -0.2) is 0 Å². The molecule has 0 radical (unpaired) electrons. The SMILES string of the molecule is C#CCC(CCC(=C)c1ccccc1)(C(=O)OC)C(=O)OC. The molecular weight excluding hydrogens is 280 g/mol. The third-order valence-corrected chi connectivity index (χ3v) is 3.59. The van der Waals surface area contributed by atoms with Gasteiger partial charge < -0.3 is 9.47 Å². The summed E-state index contributed by atoms with van der Waals surface area (Å²) in [4.78, 5) is 24.2. The number of rotatable bonds is 7. The summed E-state index contributed by atoms with van der Waals surface area (Å²) in [5.41, 5.74) is 0.275. The van der Waals surface area contributed by atoms with Crippen LogP contribution in [-0.4, -0.2) is 26.2 Å². The van der Waals surface area contributed by atoms with Gasteiger partial charge in [-0.15, -0.1) is 12.3 Å². The lowest BCUT2D eigenvalue weighted by Gasteiger charge is -2.26. The maximum Gasteiger partial charge on any atom is 0.324 e. The maximum atomic E-state index is 12.1. The minimum atomic E-state index is -1.49. The highest BCUT2D eigenvalue weighted by molar-refractivity contribution is 6.00.